The normalized spacial score (nSPS) is 12.5. The molecule has 1 aromatic carbocycles. The SMILES string of the molecule is CC(=O)N[C@H](C[Se]c1ccccc1)C(C)C. The molecule has 0 saturated carbocycles. The van der Waals surface area contributed by atoms with E-state index in [1.165, 1.54) is 4.46 Å². The third kappa shape index (κ3) is 4.82. The van der Waals surface area contributed by atoms with Gasteiger partial charge < -0.3 is 0 Å². The summed E-state index contributed by atoms with van der Waals surface area (Å²) >= 11 is 0.443. The van der Waals surface area contributed by atoms with Gasteiger partial charge in [-0.2, -0.15) is 0 Å². The molecule has 0 fully saturated rings. The molecule has 3 heteroatoms. The van der Waals surface area contributed by atoms with E-state index in [9.17, 15) is 4.79 Å². The monoisotopic (exact) mass is 285 g/mol. The first kappa shape index (κ1) is 13.3. The van der Waals surface area contributed by atoms with E-state index < -0.39 is 0 Å². The van der Waals surface area contributed by atoms with E-state index in [0.717, 1.165) is 5.32 Å². The van der Waals surface area contributed by atoms with Gasteiger partial charge >= 0.3 is 104 Å². The maximum absolute atomic E-state index is 11.1. The van der Waals surface area contributed by atoms with E-state index in [-0.39, 0.29) is 5.91 Å². The molecule has 88 valence electrons. The average molecular weight is 284 g/mol. The number of nitrogens with one attached hydrogen (secondary N) is 1. The number of carbonyl (C=O) groups is 1. The van der Waals surface area contributed by atoms with Crippen molar-refractivity contribution in [2.75, 3.05) is 0 Å². The minimum atomic E-state index is 0.0718. The molecule has 1 N–H and O–H groups in total. The number of benzene rings is 1. The van der Waals surface area contributed by atoms with Gasteiger partial charge in [0.15, 0.2) is 0 Å². The first-order valence-electron chi connectivity index (χ1n) is 5.54. The standard InChI is InChI=1S/C13H19NOSe/c1-10(2)13(14-11(3)15)9-16-12-7-5-4-6-8-12/h4-8,10,13H,9H2,1-3H3,(H,14,15)/t13-/m1/s1. The van der Waals surface area contributed by atoms with E-state index in [2.05, 4.69) is 43.4 Å². The predicted octanol–water partition coefficient (Wildman–Crippen LogP) is 1.60. The zero-order chi connectivity index (χ0) is 12.0. The van der Waals surface area contributed by atoms with Crippen molar-refractivity contribution in [1.29, 1.82) is 0 Å². The van der Waals surface area contributed by atoms with Crippen molar-refractivity contribution in [3.8, 4) is 0 Å². The molecule has 2 nitrogen and oxygen atoms in total. The van der Waals surface area contributed by atoms with Crippen LogP contribution in [0.1, 0.15) is 20.8 Å². The summed E-state index contributed by atoms with van der Waals surface area (Å²) < 4.78 is 1.39. The van der Waals surface area contributed by atoms with Gasteiger partial charge in [0.05, 0.1) is 0 Å². The molecule has 16 heavy (non-hydrogen) atoms. The summed E-state index contributed by atoms with van der Waals surface area (Å²) in [5.74, 6) is 0.567. The third-order valence-electron chi connectivity index (χ3n) is 2.37. The van der Waals surface area contributed by atoms with Gasteiger partial charge in [0.2, 0.25) is 0 Å². The summed E-state index contributed by atoms with van der Waals surface area (Å²) in [7, 11) is 0. The second-order valence-electron chi connectivity index (χ2n) is 4.18. The van der Waals surface area contributed by atoms with E-state index in [1.54, 1.807) is 6.92 Å². The van der Waals surface area contributed by atoms with Gasteiger partial charge in [-0.05, 0) is 0 Å². The fraction of sp³-hybridized carbons (Fsp3) is 0.462. The first-order valence-corrected chi connectivity index (χ1v) is 7.61. The van der Waals surface area contributed by atoms with Crippen molar-refractivity contribution >= 4 is 25.3 Å². The van der Waals surface area contributed by atoms with Crippen molar-refractivity contribution < 1.29 is 4.79 Å². The molecule has 0 aliphatic carbocycles. The molecule has 1 amide bonds. The Morgan fingerprint density at radius 3 is 2.44 bits per heavy atom. The van der Waals surface area contributed by atoms with Crippen molar-refractivity contribution in [3.63, 3.8) is 0 Å². The van der Waals surface area contributed by atoms with Crippen LogP contribution in [0, 0.1) is 5.92 Å². The Hall–Kier alpha value is -0.791. The Kier molecular flexibility index (Phi) is 5.57. The van der Waals surface area contributed by atoms with Crippen molar-refractivity contribution in [2.45, 2.75) is 32.1 Å². The van der Waals surface area contributed by atoms with Gasteiger partial charge in [-0.25, -0.2) is 0 Å². The average Bonchev–Trinajstić information content (AvgIpc) is 2.25. The number of hydrogen-bond donors (Lipinski definition) is 1. The molecule has 1 rings (SSSR count). The number of hydrogen-bond acceptors (Lipinski definition) is 1. The van der Waals surface area contributed by atoms with Crippen LogP contribution in [0.5, 0.6) is 0 Å². The summed E-state index contributed by atoms with van der Waals surface area (Å²) in [6.07, 6.45) is 0. The molecule has 0 heterocycles. The van der Waals surface area contributed by atoms with Crippen molar-refractivity contribution in [2.24, 2.45) is 5.92 Å². The van der Waals surface area contributed by atoms with E-state index in [4.69, 9.17) is 0 Å². The van der Waals surface area contributed by atoms with Gasteiger partial charge in [-0.15, -0.1) is 0 Å². The summed E-state index contributed by atoms with van der Waals surface area (Å²) in [4.78, 5) is 11.1. The maximum atomic E-state index is 11.1. The third-order valence-corrected chi connectivity index (χ3v) is 4.74. The van der Waals surface area contributed by atoms with Crippen LogP contribution in [0.25, 0.3) is 0 Å². The quantitative estimate of drug-likeness (QED) is 0.818. The summed E-state index contributed by atoms with van der Waals surface area (Å²) in [5, 5.41) is 4.09. The Morgan fingerprint density at radius 1 is 1.31 bits per heavy atom. The van der Waals surface area contributed by atoms with Gasteiger partial charge in [0.1, 0.15) is 0 Å². The minimum absolute atomic E-state index is 0.0718. The molecule has 0 bridgehead atoms. The van der Waals surface area contributed by atoms with Crippen molar-refractivity contribution in [1.82, 2.24) is 5.32 Å². The fourth-order valence-corrected chi connectivity index (χ4v) is 3.86. The Morgan fingerprint density at radius 2 is 1.94 bits per heavy atom. The van der Waals surface area contributed by atoms with Crippen LogP contribution in [-0.2, 0) is 4.79 Å². The summed E-state index contributed by atoms with van der Waals surface area (Å²) in [6.45, 7) is 5.90. The van der Waals surface area contributed by atoms with Crippen molar-refractivity contribution in [3.05, 3.63) is 30.3 Å². The van der Waals surface area contributed by atoms with E-state index in [1.807, 2.05) is 6.07 Å². The van der Waals surface area contributed by atoms with Gasteiger partial charge in [0.25, 0.3) is 0 Å². The summed E-state index contributed by atoms with van der Waals surface area (Å²) in [6, 6.07) is 10.8. The predicted molar refractivity (Wildman–Crippen MR) is 69.1 cm³/mol. The Balaban J connectivity index is 2.47. The van der Waals surface area contributed by atoms with Gasteiger partial charge in [0, 0.05) is 0 Å². The molecule has 0 unspecified atom stereocenters. The molecule has 1 atom stereocenters. The van der Waals surface area contributed by atoms with Crippen LogP contribution in [0.4, 0.5) is 0 Å². The Bertz CT molecular complexity index is 324. The zero-order valence-electron chi connectivity index (χ0n) is 10.1. The van der Waals surface area contributed by atoms with Crippen LogP contribution in [-0.4, -0.2) is 26.9 Å². The van der Waals surface area contributed by atoms with Gasteiger partial charge in [-0.1, -0.05) is 0 Å². The molecule has 0 radical (unpaired) electrons. The van der Waals surface area contributed by atoms with E-state index >= 15 is 0 Å². The fourth-order valence-electron chi connectivity index (χ4n) is 1.36. The first-order chi connectivity index (χ1) is 7.59. The molecule has 0 aliphatic rings. The van der Waals surface area contributed by atoms with Gasteiger partial charge in [-0.3, -0.25) is 0 Å². The molecule has 0 saturated heterocycles. The van der Waals surface area contributed by atoms with Crippen LogP contribution >= 0.6 is 0 Å². The number of rotatable bonds is 5. The topological polar surface area (TPSA) is 29.1 Å². The summed E-state index contributed by atoms with van der Waals surface area (Å²) in [5.41, 5.74) is 0. The number of amides is 1. The second-order valence-corrected chi connectivity index (χ2v) is 6.47. The zero-order valence-corrected chi connectivity index (χ0v) is 11.8. The molecule has 0 spiro atoms. The molecule has 0 aromatic heterocycles. The van der Waals surface area contributed by atoms with Crippen LogP contribution < -0.4 is 9.78 Å². The molecule has 0 aliphatic heterocycles. The number of carbonyl (C=O) groups excluding carboxylic acids is 1. The molecular weight excluding hydrogens is 265 g/mol. The Labute approximate surface area is 104 Å². The molecule has 1 aromatic rings. The second kappa shape index (κ2) is 6.72. The van der Waals surface area contributed by atoms with Crippen LogP contribution in [0.2, 0.25) is 5.32 Å². The van der Waals surface area contributed by atoms with Crippen LogP contribution in [0.15, 0.2) is 30.3 Å². The van der Waals surface area contributed by atoms with Crippen LogP contribution in [0.3, 0.4) is 0 Å². The molecular formula is C13H19NOSe. The van der Waals surface area contributed by atoms with E-state index in [0.29, 0.717) is 26.9 Å².